The van der Waals surface area contributed by atoms with Gasteiger partial charge in [-0.15, -0.1) is 0 Å². The van der Waals surface area contributed by atoms with Crippen molar-refractivity contribution in [3.8, 4) is 0 Å². The Labute approximate surface area is 133 Å². The molecule has 1 aromatic carbocycles. The monoisotopic (exact) mass is 356 g/mol. The van der Waals surface area contributed by atoms with Crippen molar-refractivity contribution in [3.05, 3.63) is 30.3 Å². The lowest BCUT2D eigenvalue weighted by Gasteiger charge is -2.27. The zero-order valence-corrected chi connectivity index (χ0v) is 13.8. The molecule has 0 aromatic heterocycles. The fourth-order valence-electron chi connectivity index (χ4n) is 1.71. The molecule has 1 rings (SSSR count). The fourth-order valence-corrected chi connectivity index (χ4v) is 1.83. The summed E-state index contributed by atoms with van der Waals surface area (Å²) in [5.41, 5.74) is 3.39. The van der Waals surface area contributed by atoms with Crippen LogP contribution in [0.1, 0.15) is 13.8 Å². The predicted octanol–water partition coefficient (Wildman–Crippen LogP) is 1.28. The van der Waals surface area contributed by atoms with Gasteiger partial charge >= 0.3 is 0 Å². The van der Waals surface area contributed by atoms with Crippen LogP contribution >= 0.6 is 15.9 Å². The molecule has 0 heterocycles. The Morgan fingerprint density at radius 2 is 1.90 bits per heavy atom. The number of carbonyl (C=O) groups is 2. The Morgan fingerprint density at radius 3 is 2.43 bits per heavy atom. The number of rotatable bonds is 7. The summed E-state index contributed by atoms with van der Waals surface area (Å²) in [6, 6.07) is 9.16. The summed E-state index contributed by atoms with van der Waals surface area (Å²) in [4.78, 5) is 23.7. The third kappa shape index (κ3) is 6.14. The van der Waals surface area contributed by atoms with Crippen molar-refractivity contribution in [3.63, 3.8) is 0 Å². The fraction of sp³-hybridized carbons (Fsp3) is 0.429. The summed E-state index contributed by atoms with van der Waals surface area (Å²) < 4.78 is 0. The molecule has 2 amide bonds. The Morgan fingerprint density at radius 1 is 1.29 bits per heavy atom. The van der Waals surface area contributed by atoms with Crippen molar-refractivity contribution in [2.75, 3.05) is 23.4 Å². The lowest BCUT2D eigenvalue weighted by atomic mass is 10.2. The first-order valence-electron chi connectivity index (χ1n) is 6.67. The Balaban J connectivity index is 2.78. The van der Waals surface area contributed by atoms with Crippen LogP contribution in [0.2, 0.25) is 0 Å². The highest BCUT2D eigenvalue weighted by Crippen LogP contribution is 2.11. The van der Waals surface area contributed by atoms with E-state index in [-0.39, 0.29) is 29.6 Å². The maximum absolute atomic E-state index is 12.1. The molecule has 0 aliphatic carbocycles. The van der Waals surface area contributed by atoms with Crippen molar-refractivity contribution >= 4 is 33.4 Å². The number of nitrogens with two attached hydrogens (primary N) is 1. The van der Waals surface area contributed by atoms with E-state index in [1.807, 2.05) is 44.2 Å². The van der Waals surface area contributed by atoms with E-state index in [1.54, 1.807) is 0 Å². The molecule has 7 heteroatoms. The highest BCUT2D eigenvalue weighted by molar-refractivity contribution is 9.09. The first-order chi connectivity index (χ1) is 9.93. The van der Waals surface area contributed by atoms with Gasteiger partial charge < -0.3 is 0 Å². The summed E-state index contributed by atoms with van der Waals surface area (Å²) in [7, 11) is 0. The zero-order valence-electron chi connectivity index (χ0n) is 12.3. The van der Waals surface area contributed by atoms with Gasteiger partial charge in [0.25, 0.3) is 5.91 Å². The molecule has 0 fully saturated rings. The molecule has 21 heavy (non-hydrogen) atoms. The molecule has 1 aromatic rings. The molecule has 3 N–H and O–H groups in total. The number of carbonyl (C=O) groups excluding carboxylic acids is 2. The Kier molecular flexibility index (Phi) is 7.18. The van der Waals surface area contributed by atoms with Crippen LogP contribution in [0.5, 0.6) is 0 Å². The van der Waals surface area contributed by atoms with Crippen molar-refractivity contribution in [1.29, 1.82) is 0 Å². The minimum Gasteiger partial charge on any atom is -0.279 e. The Hall–Kier alpha value is -1.60. The van der Waals surface area contributed by atoms with E-state index in [0.29, 0.717) is 6.54 Å². The van der Waals surface area contributed by atoms with Crippen LogP contribution in [0.15, 0.2) is 30.3 Å². The summed E-state index contributed by atoms with van der Waals surface area (Å²) in [6.45, 7) is 4.41. The number of halogens is 1. The van der Waals surface area contributed by atoms with Crippen LogP contribution in [0.4, 0.5) is 5.69 Å². The summed E-state index contributed by atoms with van der Waals surface area (Å²) >= 11 is 3.08. The van der Waals surface area contributed by atoms with Gasteiger partial charge in [-0.2, -0.15) is 0 Å². The summed E-state index contributed by atoms with van der Waals surface area (Å²) in [6.07, 6.45) is 0. The quantitative estimate of drug-likeness (QED) is 0.334. The molecule has 0 bridgehead atoms. The number of amides is 2. The lowest BCUT2D eigenvalue weighted by Crippen LogP contribution is -2.51. The number of nitrogens with zero attached hydrogens (tertiary/aromatic N) is 2. The minimum absolute atomic E-state index is 0.0219. The molecule has 0 aliphatic heterocycles. The number of nitrogens with one attached hydrogen (secondary N) is 1. The average Bonchev–Trinajstić information content (AvgIpc) is 2.46. The first kappa shape index (κ1) is 17.5. The smallest absolute Gasteiger partial charge is 0.258 e. The van der Waals surface area contributed by atoms with Gasteiger partial charge in [-0.3, -0.25) is 25.0 Å². The second kappa shape index (κ2) is 8.63. The second-order valence-corrected chi connectivity index (χ2v) is 5.59. The van der Waals surface area contributed by atoms with E-state index in [4.69, 9.17) is 5.84 Å². The number of hydrazine groups is 2. The topological polar surface area (TPSA) is 78.7 Å². The van der Waals surface area contributed by atoms with Crippen LogP contribution in [-0.2, 0) is 9.59 Å². The summed E-state index contributed by atoms with van der Waals surface area (Å²) in [5.74, 6) is 5.52. The van der Waals surface area contributed by atoms with Crippen LogP contribution < -0.4 is 16.3 Å². The maximum atomic E-state index is 12.1. The van der Waals surface area contributed by atoms with E-state index in [9.17, 15) is 9.59 Å². The van der Waals surface area contributed by atoms with E-state index in [2.05, 4.69) is 21.4 Å². The van der Waals surface area contributed by atoms with Crippen molar-refractivity contribution < 1.29 is 9.59 Å². The molecular weight excluding hydrogens is 336 g/mol. The highest BCUT2D eigenvalue weighted by Gasteiger charge is 2.17. The van der Waals surface area contributed by atoms with Crippen LogP contribution in [0.25, 0.3) is 0 Å². The van der Waals surface area contributed by atoms with Crippen molar-refractivity contribution in [1.82, 2.24) is 10.4 Å². The van der Waals surface area contributed by atoms with E-state index in [0.717, 1.165) is 5.69 Å². The van der Waals surface area contributed by atoms with Crippen LogP contribution in [0.3, 0.4) is 0 Å². The largest absolute Gasteiger partial charge is 0.279 e. The highest BCUT2D eigenvalue weighted by atomic mass is 79.9. The second-order valence-electron chi connectivity index (χ2n) is 5.03. The molecule has 0 saturated heterocycles. The molecule has 0 radical (unpaired) electrons. The van der Waals surface area contributed by atoms with Gasteiger partial charge in [-0.25, -0.2) is 5.84 Å². The molecular formula is C14H21BrN4O2. The molecule has 6 nitrogen and oxygen atoms in total. The van der Waals surface area contributed by atoms with Crippen molar-refractivity contribution in [2.45, 2.75) is 13.8 Å². The van der Waals surface area contributed by atoms with E-state index < -0.39 is 0 Å². The van der Waals surface area contributed by atoms with Gasteiger partial charge in [0.05, 0.1) is 11.0 Å². The van der Waals surface area contributed by atoms with Crippen LogP contribution in [0, 0.1) is 5.92 Å². The SMILES string of the molecule is CC(C)CN(N)C(=O)CN(NC(=O)CBr)c1ccccc1. The molecule has 0 spiro atoms. The van der Waals surface area contributed by atoms with Gasteiger partial charge in [0, 0.05) is 6.54 Å². The van der Waals surface area contributed by atoms with Gasteiger partial charge in [0.2, 0.25) is 5.91 Å². The number of hydrogen-bond acceptors (Lipinski definition) is 4. The van der Waals surface area contributed by atoms with Gasteiger partial charge in [-0.1, -0.05) is 48.0 Å². The number of benzene rings is 1. The molecule has 116 valence electrons. The maximum Gasteiger partial charge on any atom is 0.258 e. The third-order valence-electron chi connectivity index (χ3n) is 2.62. The molecule has 0 saturated carbocycles. The first-order valence-corrected chi connectivity index (χ1v) is 7.79. The molecule has 0 unspecified atom stereocenters. The van der Waals surface area contributed by atoms with Gasteiger partial charge in [-0.05, 0) is 18.1 Å². The number of anilines is 1. The average molecular weight is 357 g/mol. The number of alkyl halides is 1. The normalized spacial score (nSPS) is 10.3. The van der Waals surface area contributed by atoms with Gasteiger partial charge in [0.15, 0.2) is 0 Å². The van der Waals surface area contributed by atoms with Gasteiger partial charge in [0.1, 0.15) is 6.54 Å². The zero-order chi connectivity index (χ0) is 15.8. The third-order valence-corrected chi connectivity index (χ3v) is 3.13. The number of para-hydroxylation sites is 1. The predicted molar refractivity (Wildman–Crippen MR) is 86.5 cm³/mol. The number of hydrogen-bond donors (Lipinski definition) is 2. The minimum atomic E-state index is -0.262. The Bertz CT molecular complexity index is 467. The van der Waals surface area contributed by atoms with E-state index >= 15 is 0 Å². The molecule has 0 atom stereocenters. The van der Waals surface area contributed by atoms with Crippen LogP contribution in [-0.4, -0.2) is 35.2 Å². The lowest BCUT2D eigenvalue weighted by molar-refractivity contribution is -0.130. The van der Waals surface area contributed by atoms with Crippen molar-refractivity contribution in [2.24, 2.45) is 11.8 Å². The standard InChI is InChI=1S/C14H21BrN4O2/c1-11(2)9-18(16)14(21)10-19(17-13(20)8-15)12-6-4-3-5-7-12/h3-7,11H,8-10,16H2,1-2H3,(H,17,20). The molecule has 0 aliphatic rings. The summed E-state index contributed by atoms with van der Waals surface area (Å²) in [5, 5.41) is 2.83. The van der Waals surface area contributed by atoms with E-state index in [1.165, 1.54) is 10.0 Å².